The molecule has 0 aromatic rings. The molecule has 0 amide bonds. The first-order valence-electron chi connectivity index (χ1n) is 2.21. The second-order valence-electron chi connectivity index (χ2n) is 1.57. The van der Waals surface area contributed by atoms with Crippen molar-refractivity contribution >= 4 is 0 Å². The largest absolute Gasteiger partial charge is 0.394 e. The fourth-order valence-corrected chi connectivity index (χ4v) is 0.472. The summed E-state index contributed by atoms with van der Waals surface area (Å²) in [5.74, 6) is 0. The molecule has 1 heterocycles. The van der Waals surface area contributed by atoms with Crippen molar-refractivity contribution in [2.45, 2.75) is 12.3 Å². The molecule has 0 aromatic heterocycles. The molecule has 1 aliphatic rings. The van der Waals surface area contributed by atoms with Gasteiger partial charge in [0.15, 0.2) is 6.17 Å². The van der Waals surface area contributed by atoms with Crippen LogP contribution in [0.4, 0.5) is 4.39 Å². The van der Waals surface area contributed by atoms with Gasteiger partial charge in [0.25, 0.3) is 0 Å². The number of aliphatic hydroxyl groups excluding tert-OH is 1. The van der Waals surface area contributed by atoms with Gasteiger partial charge in [0.05, 0.1) is 13.2 Å². The van der Waals surface area contributed by atoms with Crippen LogP contribution in [-0.2, 0) is 4.74 Å². The molecular formula is C4H7FO2. The van der Waals surface area contributed by atoms with E-state index in [2.05, 4.69) is 4.74 Å². The van der Waals surface area contributed by atoms with Crippen LogP contribution in [0.15, 0.2) is 0 Å². The van der Waals surface area contributed by atoms with Crippen molar-refractivity contribution in [2.24, 2.45) is 0 Å². The maximum absolute atomic E-state index is 11.9. The summed E-state index contributed by atoms with van der Waals surface area (Å²) in [7, 11) is 0. The van der Waals surface area contributed by atoms with E-state index in [0.29, 0.717) is 0 Å². The van der Waals surface area contributed by atoms with Crippen LogP contribution in [0.1, 0.15) is 0 Å². The Bertz CT molecular complexity index is 64.7. The highest BCUT2D eigenvalue weighted by molar-refractivity contribution is 4.76. The van der Waals surface area contributed by atoms with Gasteiger partial charge >= 0.3 is 0 Å². The fourth-order valence-electron chi connectivity index (χ4n) is 0.472. The molecule has 0 bridgehead atoms. The molecular weight excluding hydrogens is 99.0 g/mol. The summed E-state index contributed by atoms with van der Waals surface area (Å²) in [5.41, 5.74) is 0. The van der Waals surface area contributed by atoms with Crippen molar-refractivity contribution in [3.05, 3.63) is 0 Å². The van der Waals surface area contributed by atoms with Gasteiger partial charge in [0, 0.05) is 0 Å². The number of halogens is 1. The molecule has 7 heavy (non-hydrogen) atoms. The molecule has 0 radical (unpaired) electrons. The minimum Gasteiger partial charge on any atom is -0.394 e. The maximum atomic E-state index is 11.9. The molecule has 2 unspecified atom stereocenters. The van der Waals surface area contributed by atoms with Crippen LogP contribution in [0, 0.1) is 0 Å². The lowest BCUT2D eigenvalue weighted by Crippen LogP contribution is -2.44. The minimum atomic E-state index is -0.926. The first-order valence-corrected chi connectivity index (χ1v) is 2.21. The highest BCUT2D eigenvalue weighted by Gasteiger charge is 2.30. The van der Waals surface area contributed by atoms with Gasteiger partial charge < -0.3 is 9.84 Å². The second-order valence-corrected chi connectivity index (χ2v) is 1.57. The molecule has 1 aliphatic heterocycles. The van der Waals surface area contributed by atoms with E-state index in [1.165, 1.54) is 0 Å². The van der Waals surface area contributed by atoms with Crippen molar-refractivity contribution in [3.63, 3.8) is 0 Å². The van der Waals surface area contributed by atoms with Crippen LogP contribution >= 0.6 is 0 Å². The summed E-state index contributed by atoms with van der Waals surface area (Å²) >= 11 is 0. The third kappa shape index (κ3) is 0.737. The quantitative estimate of drug-likeness (QED) is 0.498. The van der Waals surface area contributed by atoms with Crippen LogP contribution in [0.2, 0.25) is 0 Å². The van der Waals surface area contributed by atoms with E-state index in [1.807, 2.05) is 0 Å². The van der Waals surface area contributed by atoms with Crippen molar-refractivity contribution in [3.8, 4) is 0 Å². The summed E-state index contributed by atoms with van der Waals surface area (Å²) in [5, 5.41) is 8.19. The van der Waals surface area contributed by atoms with E-state index >= 15 is 0 Å². The maximum Gasteiger partial charge on any atom is 0.152 e. The van der Waals surface area contributed by atoms with Crippen LogP contribution in [0.3, 0.4) is 0 Å². The first kappa shape index (κ1) is 5.00. The highest BCUT2D eigenvalue weighted by Crippen LogP contribution is 2.14. The van der Waals surface area contributed by atoms with Crippen molar-refractivity contribution in [2.75, 3.05) is 13.2 Å². The predicted octanol–water partition coefficient (Wildman–Crippen LogP) is -0.284. The Morgan fingerprint density at radius 1 is 1.86 bits per heavy atom. The summed E-state index contributed by atoms with van der Waals surface area (Å²) in [6.07, 6.45) is -1.45. The molecule has 0 saturated carbocycles. The van der Waals surface area contributed by atoms with Gasteiger partial charge in [-0.25, -0.2) is 4.39 Å². The number of hydrogen-bond donors (Lipinski definition) is 1. The predicted molar refractivity (Wildman–Crippen MR) is 21.7 cm³/mol. The Morgan fingerprint density at radius 2 is 2.57 bits per heavy atom. The SMILES string of the molecule is OCC1OCC1F. The lowest BCUT2D eigenvalue weighted by molar-refractivity contribution is -0.144. The molecule has 0 aliphatic carbocycles. The third-order valence-electron chi connectivity index (χ3n) is 1.05. The van der Waals surface area contributed by atoms with E-state index in [1.54, 1.807) is 0 Å². The van der Waals surface area contributed by atoms with Crippen molar-refractivity contribution in [1.29, 1.82) is 0 Å². The summed E-state index contributed by atoms with van der Waals surface area (Å²) in [6, 6.07) is 0. The lowest BCUT2D eigenvalue weighted by atomic mass is 10.2. The number of rotatable bonds is 1. The molecule has 0 spiro atoms. The van der Waals surface area contributed by atoms with Gasteiger partial charge in [-0.2, -0.15) is 0 Å². The minimum absolute atomic E-state index is 0.158. The van der Waals surface area contributed by atoms with Crippen LogP contribution < -0.4 is 0 Å². The zero-order chi connectivity index (χ0) is 5.28. The van der Waals surface area contributed by atoms with Gasteiger partial charge in [0.1, 0.15) is 6.10 Å². The Labute approximate surface area is 40.9 Å². The molecule has 3 heteroatoms. The van der Waals surface area contributed by atoms with Crippen LogP contribution in [-0.4, -0.2) is 30.6 Å². The fraction of sp³-hybridized carbons (Fsp3) is 1.00. The van der Waals surface area contributed by atoms with E-state index in [9.17, 15) is 4.39 Å². The smallest absolute Gasteiger partial charge is 0.152 e. The summed E-state index contributed by atoms with van der Waals surface area (Å²) in [6.45, 7) is -0.0353. The van der Waals surface area contributed by atoms with Crippen LogP contribution in [0.5, 0.6) is 0 Å². The molecule has 1 N–H and O–H groups in total. The number of hydrogen-bond acceptors (Lipinski definition) is 2. The van der Waals surface area contributed by atoms with Crippen LogP contribution in [0.25, 0.3) is 0 Å². The zero-order valence-electron chi connectivity index (χ0n) is 3.80. The number of alkyl halides is 1. The van der Waals surface area contributed by atoms with Gasteiger partial charge in [-0.05, 0) is 0 Å². The number of ether oxygens (including phenoxy) is 1. The Balaban J connectivity index is 2.16. The standard InChI is InChI=1S/C4H7FO2/c5-3-2-7-4(3)1-6/h3-4,6H,1-2H2. The second kappa shape index (κ2) is 1.76. The van der Waals surface area contributed by atoms with Crippen molar-refractivity contribution in [1.82, 2.24) is 0 Å². The molecule has 2 nitrogen and oxygen atoms in total. The molecule has 0 aromatic carbocycles. The van der Waals surface area contributed by atoms with Gasteiger partial charge in [-0.1, -0.05) is 0 Å². The average molecular weight is 106 g/mol. The van der Waals surface area contributed by atoms with E-state index in [0.717, 1.165) is 0 Å². The molecule has 42 valence electrons. The normalized spacial score (nSPS) is 40.3. The van der Waals surface area contributed by atoms with Gasteiger partial charge in [0.2, 0.25) is 0 Å². The topological polar surface area (TPSA) is 29.5 Å². The average Bonchev–Trinajstić information content (AvgIpc) is 1.65. The molecule has 1 fully saturated rings. The third-order valence-corrected chi connectivity index (χ3v) is 1.05. The summed E-state index contributed by atoms with van der Waals surface area (Å²) in [4.78, 5) is 0. The van der Waals surface area contributed by atoms with E-state index in [4.69, 9.17) is 5.11 Å². The lowest BCUT2D eigenvalue weighted by Gasteiger charge is -2.28. The Kier molecular flexibility index (Phi) is 1.25. The van der Waals surface area contributed by atoms with Gasteiger partial charge in [-0.15, -0.1) is 0 Å². The van der Waals surface area contributed by atoms with E-state index in [-0.39, 0.29) is 13.2 Å². The number of aliphatic hydroxyl groups is 1. The Hall–Kier alpha value is -0.150. The molecule has 1 saturated heterocycles. The first-order chi connectivity index (χ1) is 3.34. The zero-order valence-corrected chi connectivity index (χ0v) is 3.80. The summed E-state index contributed by atoms with van der Waals surface area (Å²) < 4.78 is 16.5. The Morgan fingerprint density at radius 3 is 2.57 bits per heavy atom. The molecule has 1 rings (SSSR count). The van der Waals surface area contributed by atoms with E-state index < -0.39 is 12.3 Å². The van der Waals surface area contributed by atoms with Crippen molar-refractivity contribution < 1.29 is 14.2 Å². The monoisotopic (exact) mass is 106 g/mol. The van der Waals surface area contributed by atoms with Gasteiger partial charge in [-0.3, -0.25) is 0 Å². The highest BCUT2D eigenvalue weighted by atomic mass is 19.1. The molecule has 2 atom stereocenters.